The van der Waals surface area contributed by atoms with E-state index >= 15 is 0 Å². The SMILES string of the molecule is NNC(=O)c1ccc(CSc2ccc(F)c(F)c2)s1. The largest absolute Gasteiger partial charge is 0.289 e. The first-order valence-corrected chi connectivity index (χ1v) is 7.08. The average molecular weight is 300 g/mol. The minimum atomic E-state index is -0.862. The van der Waals surface area contributed by atoms with Gasteiger partial charge >= 0.3 is 0 Å². The first-order chi connectivity index (χ1) is 9.10. The molecule has 1 aromatic carbocycles. The van der Waals surface area contributed by atoms with Crippen molar-refractivity contribution < 1.29 is 13.6 Å². The molecule has 0 aliphatic rings. The molecule has 1 aromatic heterocycles. The van der Waals surface area contributed by atoms with Crippen molar-refractivity contribution in [1.82, 2.24) is 5.43 Å². The molecule has 3 N–H and O–H groups in total. The van der Waals surface area contributed by atoms with Crippen LogP contribution in [0.5, 0.6) is 0 Å². The fourth-order valence-corrected chi connectivity index (χ4v) is 3.24. The lowest BCUT2D eigenvalue weighted by atomic mass is 10.3. The first kappa shape index (κ1) is 14.0. The predicted molar refractivity (Wildman–Crippen MR) is 71.9 cm³/mol. The lowest BCUT2D eigenvalue weighted by Gasteiger charge is -2.00. The number of rotatable bonds is 4. The number of thiophene rings is 1. The predicted octanol–water partition coefficient (Wildman–Crippen LogP) is 2.92. The Morgan fingerprint density at radius 1 is 1.26 bits per heavy atom. The van der Waals surface area contributed by atoms with E-state index in [1.807, 2.05) is 6.07 Å². The number of hydrazine groups is 1. The number of amides is 1. The summed E-state index contributed by atoms with van der Waals surface area (Å²) >= 11 is 2.68. The third kappa shape index (κ3) is 3.52. The summed E-state index contributed by atoms with van der Waals surface area (Å²) in [6.45, 7) is 0. The normalized spacial score (nSPS) is 10.5. The van der Waals surface area contributed by atoms with E-state index in [1.54, 1.807) is 6.07 Å². The van der Waals surface area contributed by atoms with Crippen LogP contribution >= 0.6 is 23.1 Å². The van der Waals surface area contributed by atoms with Gasteiger partial charge in [-0.15, -0.1) is 23.1 Å². The number of hydrogen-bond acceptors (Lipinski definition) is 4. The van der Waals surface area contributed by atoms with Gasteiger partial charge in [-0.1, -0.05) is 0 Å². The van der Waals surface area contributed by atoms with Crippen molar-refractivity contribution in [1.29, 1.82) is 0 Å². The Morgan fingerprint density at radius 2 is 2.05 bits per heavy atom. The third-order valence-electron chi connectivity index (χ3n) is 2.29. The molecule has 0 atom stereocenters. The standard InChI is InChI=1S/C12H10F2N2OS2/c13-9-3-1-7(5-10(9)14)18-6-8-2-4-11(19-8)12(17)16-15/h1-5H,6,15H2,(H,16,17). The number of halogens is 2. The van der Waals surface area contributed by atoms with Crippen LogP contribution in [-0.4, -0.2) is 5.91 Å². The molecule has 0 fully saturated rings. The summed E-state index contributed by atoms with van der Waals surface area (Å²) in [5.74, 6) is 3.55. The number of thioether (sulfide) groups is 1. The molecular formula is C12H10F2N2OS2. The van der Waals surface area contributed by atoms with Crippen LogP contribution in [0.25, 0.3) is 0 Å². The maximum atomic E-state index is 13.0. The van der Waals surface area contributed by atoms with E-state index in [2.05, 4.69) is 5.43 Å². The van der Waals surface area contributed by atoms with Crippen molar-refractivity contribution in [3.63, 3.8) is 0 Å². The highest BCUT2D eigenvalue weighted by molar-refractivity contribution is 7.98. The zero-order valence-corrected chi connectivity index (χ0v) is 11.3. The monoisotopic (exact) mass is 300 g/mol. The molecule has 0 radical (unpaired) electrons. The van der Waals surface area contributed by atoms with Gasteiger partial charge < -0.3 is 0 Å². The average Bonchev–Trinajstić information content (AvgIpc) is 2.88. The zero-order chi connectivity index (χ0) is 13.8. The molecule has 1 amide bonds. The summed E-state index contributed by atoms with van der Waals surface area (Å²) < 4.78 is 25.8. The molecule has 7 heteroatoms. The number of carbonyl (C=O) groups is 1. The van der Waals surface area contributed by atoms with Gasteiger partial charge in [-0.25, -0.2) is 14.6 Å². The molecule has 0 unspecified atom stereocenters. The van der Waals surface area contributed by atoms with Crippen LogP contribution in [0.3, 0.4) is 0 Å². The van der Waals surface area contributed by atoms with Gasteiger partial charge in [0.15, 0.2) is 11.6 Å². The number of hydrogen-bond donors (Lipinski definition) is 2. The minimum absolute atomic E-state index is 0.339. The van der Waals surface area contributed by atoms with Gasteiger partial charge in [0.05, 0.1) is 4.88 Å². The lowest BCUT2D eigenvalue weighted by molar-refractivity contribution is 0.0957. The number of benzene rings is 1. The summed E-state index contributed by atoms with van der Waals surface area (Å²) in [5.41, 5.74) is 2.06. The van der Waals surface area contributed by atoms with Crippen LogP contribution in [0.2, 0.25) is 0 Å². The van der Waals surface area contributed by atoms with Crippen LogP contribution in [0.4, 0.5) is 8.78 Å². The van der Waals surface area contributed by atoms with Crippen molar-refractivity contribution in [3.05, 3.63) is 51.7 Å². The highest BCUT2D eigenvalue weighted by Crippen LogP contribution is 2.27. The Kier molecular flexibility index (Phi) is 4.52. The molecule has 0 saturated carbocycles. The maximum absolute atomic E-state index is 13.0. The molecule has 0 aliphatic carbocycles. The van der Waals surface area contributed by atoms with Gasteiger partial charge in [-0.05, 0) is 30.3 Å². The van der Waals surface area contributed by atoms with E-state index < -0.39 is 11.6 Å². The van der Waals surface area contributed by atoms with Gasteiger partial charge in [0.1, 0.15) is 0 Å². The Morgan fingerprint density at radius 3 is 2.74 bits per heavy atom. The van der Waals surface area contributed by atoms with E-state index in [0.29, 0.717) is 15.5 Å². The van der Waals surface area contributed by atoms with Crippen molar-refractivity contribution in [3.8, 4) is 0 Å². The fraction of sp³-hybridized carbons (Fsp3) is 0.0833. The molecule has 1 heterocycles. The maximum Gasteiger partial charge on any atom is 0.275 e. The Labute approximate surface area is 116 Å². The quantitative estimate of drug-likeness (QED) is 0.395. The van der Waals surface area contributed by atoms with Crippen LogP contribution in [0, 0.1) is 11.6 Å². The Hall–Kier alpha value is -1.44. The smallest absolute Gasteiger partial charge is 0.275 e. The third-order valence-corrected chi connectivity index (χ3v) is 4.60. The molecule has 0 bridgehead atoms. The van der Waals surface area contributed by atoms with E-state index in [4.69, 9.17) is 5.84 Å². The molecule has 3 nitrogen and oxygen atoms in total. The summed E-state index contributed by atoms with van der Waals surface area (Å²) in [6, 6.07) is 7.25. The molecule has 2 rings (SSSR count). The molecule has 0 spiro atoms. The summed E-state index contributed by atoms with van der Waals surface area (Å²) in [5, 5.41) is 0. The van der Waals surface area contributed by atoms with Crippen molar-refractivity contribution in [2.24, 2.45) is 5.84 Å². The van der Waals surface area contributed by atoms with E-state index in [1.165, 1.54) is 29.2 Å². The molecule has 100 valence electrons. The van der Waals surface area contributed by atoms with E-state index in [0.717, 1.165) is 17.0 Å². The van der Waals surface area contributed by atoms with Gasteiger partial charge in [-0.3, -0.25) is 10.2 Å². The van der Waals surface area contributed by atoms with E-state index in [-0.39, 0.29) is 5.91 Å². The molecule has 19 heavy (non-hydrogen) atoms. The number of nitrogen functional groups attached to an aromatic ring is 1. The second-order valence-corrected chi connectivity index (χ2v) is 5.82. The van der Waals surface area contributed by atoms with Crippen LogP contribution in [0.15, 0.2) is 35.2 Å². The summed E-state index contributed by atoms with van der Waals surface area (Å²) in [6.07, 6.45) is 0. The van der Waals surface area contributed by atoms with Gasteiger partial charge in [0.25, 0.3) is 5.91 Å². The van der Waals surface area contributed by atoms with Crippen molar-refractivity contribution in [2.75, 3.05) is 0 Å². The number of nitrogens with one attached hydrogen (secondary N) is 1. The molecule has 2 aromatic rings. The van der Waals surface area contributed by atoms with E-state index in [9.17, 15) is 13.6 Å². The van der Waals surface area contributed by atoms with Crippen LogP contribution in [0.1, 0.15) is 14.5 Å². The number of nitrogens with two attached hydrogens (primary N) is 1. The summed E-state index contributed by atoms with van der Waals surface area (Å²) in [4.78, 5) is 13.4. The summed E-state index contributed by atoms with van der Waals surface area (Å²) in [7, 11) is 0. The van der Waals surface area contributed by atoms with Crippen LogP contribution < -0.4 is 11.3 Å². The van der Waals surface area contributed by atoms with Crippen molar-refractivity contribution in [2.45, 2.75) is 10.6 Å². The molecule has 0 aliphatic heterocycles. The molecular weight excluding hydrogens is 290 g/mol. The highest BCUT2D eigenvalue weighted by atomic mass is 32.2. The van der Waals surface area contributed by atoms with Crippen molar-refractivity contribution >= 4 is 29.0 Å². The Balaban J connectivity index is 2.00. The zero-order valence-electron chi connectivity index (χ0n) is 9.65. The second kappa shape index (κ2) is 6.14. The first-order valence-electron chi connectivity index (χ1n) is 5.27. The van der Waals surface area contributed by atoms with Gasteiger partial charge in [-0.2, -0.15) is 0 Å². The highest BCUT2D eigenvalue weighted by Gasteiger charge is 2.08. The fourth-order valence-electron chi connectivity index (χ4n) is 1.37. The van der Waals surface area contributed by atoms with Gasteiger partial charge in [0, 0.05) is 15.5 Å². The Bertz CT molecular complexity index is 601. The lowest BCUT2D eigenvalue weighted by Crippen LogP contribution is -2.29. The topological polar surface area (TPSA) is 55.1 Å². The minimum Gasteiger partial charge on any atom is -0.289 e. The second-order valence-electron chi connectivity index (χ2n) is 3.60. The number of carbonyl (C=O) groups excluding carboxylic acids is 1. The molecule has 0 saturated heterocycles. The van der Waals surface area contributed by atoms with Crippen LogP contribution in [-0.2, 0) is 5.75 Å². The van der Waals surface area contributed by atoms with Gasteiger partial charge in [0.2, 0.25) is 0 Å².